The van der Waals surface area contributed by atoms with Gasteiger partial charge in [-0.2, -0.15) is 0 Å². The van der Waals surface area contributed by atoms with E-state index in [0.29, 0.717) is 37.1 Å². The van der Waals surface area contributed by atoms with Gasteiger partial charge in [-0.05, 0) is 55.6 Å². The third kappa shape index (κ3) is 9.52. The lowest BCUT2D eigenvalue weighted by Gasteiger charge is -2.20. The van der Waals surface area contributed by atoms with Gasteiger partial charge in [0.2, 0.25) is 0 Å². The third-order valence-electron chi connectivity index (χ3n) is 4.55. The summed E-state index contributed by atoms with van der Waals surface area (Å²) in [6.45, 7) is -1.09. The van der Waals surface area contributed by atoms with Crippen molar-refractivity contribution in [1.29, 1.82) is 0 Å². The van der Waals surface area contributed by atoms with Crippen molar-refractivity contribution in [2.45, 2.75) is 31.7 Å². The van der Waals surface area contributed by atoms with E-state index in [-0.39, 0.29) is 12.4 Å². The second-order valence-corrected chi connectivity index (χ2v) is 7.00. The Morgan fingerprint density at radius 2 is 1.77 bits per heavy atom. The molecule has 0 radical (unpaired) electrons. The standard InChI is InChI=1S/C22H26F5NO3/c1-28(15-23)12-11-20(30-16-24)14-29-21-8-3-2-6-18(21)10-9-17-5-4-7-19(13-17)31-22(25,26)27/h2-8,13,20H,9-12,14-16H2,1H3. The molecule has 0 saturated heterocycles. The van der Waals surface area contributed by atoms with Crippen LogP contribution in [0.25, 0.3) is 0 Å². The van der Waals surface area contributed by atoms with Crippen molar-refractivity contribution in [2.24, 2.45) is 0 Å². The molecule has 0 aliphatic carbocycles. The fraction of sp³-hybridized carbons (Fsp3) is 0.455. The number of ether oxygens (including phenoxy) is 3. The average molecular weight is 447 g/mol. The Morgan fingerprint density at radius 3 is 2.48 bits per heavy atom. The lowest BCUT2D eigenvalue weighted by atomic mass is 10.0. The number of aryl methyl sites for hydroxylation is 2. The van der Waals surface area contributed by atoms with Gasteiger partial charge in [0.05, 0.1) is 6.10 Å². The second-order valence-electron chi connectivity index (χ2n) is 7.00. The van der Waals surface area contributed by atoms with Crippen LogP contribution in [0, 0.1) is 0 Å². The van der Waals surface area contributed by atoms with Gasteiger partial charge in [0, 0.05) is 6.54 Å². The fourth-order valence-electron chi connectivity index (χ4n) is 2.94. The Balaban J connectivity index is 1.96. The Labute approximate surface area is 178 Å². The first-order valence-electron chi connectivity index (χ1n) is 9.78. The first kappa shape index (κ1) is 24.9. The average Bonchev–Trinajstić information content (AvgIpc) is 2.73. The summed E-state index contributed by atoms with van der Waals surface area (Å²) in [7, 11) is 1.61. The maximum absolute atomic E-state index is 12.7. The third-order valence-corrected chi connectivity index (χ3v) is 4.55. The molecule has 1 unspecified atom stereocenters. The van der Waals surface area contributed by atoms with Crippen molar-refractivity contribution in [1.82, 2.24) is 4.90 Å². The summed E-state index contributed by atoms with van der Waals surface area (Å²) in [4.78, 5) is 1.44. The normalized spacial score (nSPS) is 12.7. The van der Waals surface area contributed by atoms with E-state index in [9.17, 15) is 22.0 Å². The number of hydrogen-bond acceptors (Lipinski definition) is 4. The second kappa shape index (κ2) is 12.5. The van der Waals surface area contributed by atoms with Crippen LogP contribution in [0.15, 0.2) is 48.5 Å². The molecule has 4 nitrogen and oxygen atoms in total. The quantitative estimate of drug-likeness (QED) is 0.308. The topological polar surface area (TPSA) is 30.9 Å². The van der Waals surface area contributed by atoms with Crippen LogP contribution in [0.5, 0.6) is 11.5 Å². The van der Waals surface area contributed by atoms with Crippen LogP contribution >= 0.6 is 0 Å². The molecule has 0 spiro atoms. The van der Waals surface area contributed by atoms with E-state index in [1.165, 1.54) is 23.1 Å². The van der Waals surface area contributed by atoms with E-state index in [1.807, 2.05) is 12.1 Å². The Morgan fingerprint density at radius 1 is 1.00 bits per heavy atom. The molecule has 0 bridgehead atoms. The van der Waals surface area contributed by atoms with E-state index in [4.69, 9.17) is 9.47 Å². The summed E-state index contributed by atoms with van der Waals surface area (Å²) >= 11 is 0. The van der Waals surface area contributed by atoms with Gasteiger partial charge in [-0.1, -0.05) is 30.3 Å². The molecule has 1 atom stereocenters. The highest BCUT2D eigenvalue weighted by atomic mass is 19.4. The lowest BCUT2D eigenvalue weighted by molar-refractivity contribution is -0.274. The Bertz CT molecular complexity index is 788. The fourth-order valence-corrected chi connectivity index (χ4v) is 2.94. The van der Waals surface area contributed by atoms with E-state index in [1.54, 1.807) is 25.2 Å². The van der Waals surface area contributed by atoms with E-state index >= 15 is 0 Å². The summed E-state index contributed by atoms with van der Waals surface area (Å²) < 4.78 is 77.3. The first-order chi connectivity index (χ1) is 14.8. The molecule has 0 aliphatic rings. The van der Waals surface area contributed by atoms with E-state index in [0.717, 1.165) is 5.56 Å². The van der Waals surface area contributed by atoms with Crippen LogP contribution in [0.3, 0.4) is 0 Å². The van der Waals surface area contributed by atoms with Crippen LogP contribution in [-0.2, 0) is 17.6 Å². The molecule has 0 fully saturated rings. The molecule has 2 aromatic rings. The SMILES string of the molecule is CN(CF)CCC(COc1ccccc1CCc1cccc(OC(F)(F)F)c1)OCF. The summed E-state index contributed by atoms with van der Waals surface area (Å²) in [6, 6.07) is 13.1. The van der Waals surface area contributed by atoms with Gasteiger partial charge < -0.3 is 14.2 Å². The van der Waals surface area contributed by atoms with Gasteiger partial charge in [0.1, 0.15) is 24.9 Å². The molecule has 2 rings (SSSR count). The van der Waals surface area contributed by atoms with Crippen LogP contribution in [0.1, 0.15) is 17.5 Å². The molecular weight excluding hydrogens is 421 g/mol. The molecule has 0 aromatic heterocycles. The maximum Gasteiger partial charge on any atom is 0.573 e. The van der Waals surface area contributed by atoms with Crippen molar-refractivity contribution in [2.75, 3.05) is 33.9 Å². The first-order valence-corrected chi connectivity index (χ1v) is 9.78. The molecule has 0 amide bonds. The van der Waals surface area contributed by atoms with Crippen molar-refractivity contribution < 1.29 is 36.2 Å². The van der Waals surface area contributed by atoms with E-state index in [2.05, 4.69) is 4.74 Å². The van der Waals surface area contributed by atoms with Crippen molar-refractivity contribution in [3.8, 4) is 11.5 Å². The molecule has 2 aromatic carbocycles. The molecule has 0 aliphatic heterocycles. The molecule has 172 valence electrons. The van der Waals surface area contributed by atoms with Gasteiger partial charge in [0.15, 0.2) is 6.86 Å². The molecular formula is C22H26F5NO3. The highest BCUT2D eigenvalue weighted by molar-refractivity contribution is 5.35. The maximum atomic E-state index is 12.7. The van der Waals surface area contributed by atoms with Gasteiger partial charge in [-0.25, -0.2) is 8.78 Å². The molecule has 9 heteroatoms. The number of para-hydroxylation sites is 1. The van der Waals surface area contributed by atoms with Gasteiger partial charge in [0.25, 0.3) is 0 Å². The number of alkyl halides is 5. The van der Waals surface area contributed by atoms with Crippen molar-refractivity contribution in [3.63, 3.8) is 0 Å². The summed E-state index contributed by atoms with van der Waals surface area (Å²) in [5.41, 5.74) is 1.54. The largest absolute Gasteiger partial charge is 0.573 e. The molecule has 31 heavy (non-hydrogen) atoms. The van der Waals surface area contributed by atoms with E-state index < -0.39 is 26.1 Å². The highest BCUT2D eigenvalue weighted by Crippen LogP contribution is 2.25. The number of rotatable bonds is 13. The van der Waals surface area contributed by atoms with Crippen LogP contribution in [0.4, 0.5) is 22.0 Å². The summed E-state index contributed by atoms with van der Waals surface area (Å²) in [5.74, 6) is 0.315. The number of nitrogens with zero attached hydrogens (tertiary/aromatic N) is 1. The van der Waals surface area contributed by atoms with Crippen LogP contribution in [0.2, 0.25) is 0 Å². The number of hydrogen-bond donors (Lipinski definition) is 0. The monoisotopic (exact) mass is 447 g/mol. The minimum Gasteiger partial charge on any atom is -0.491 e. The smallest absolute Gasteiger partial charge is 0.491 e. The van der Waals surface area contributed by atoms with Gasteiger partial charge in [-0.15, -0.1) is 13.2 Å². The number of benzene rings is 2. The molecule has 0 N–H and O–H groups in total. The predicted molar refractivity (Wildman–Crippen MR) is 107 cm³/mol. The molecule has 0 heterocycles. The van der Waals surface area contributed by atoms with Gasteiger partial charge >= 0.3 is 6.36 Å². The highest BCUT2D eigenvalue weighted by Gasteiger charge is 2.31. The molecule has 0 saturated carbocycles. The van der Waals surface area contributed by atoms with Crippen LogP contribution < -0.4 is 9.47 Å². The summed E-state index contributed by atoms with van der Waals surface area (Å²) in [5, 5.41) is 0. The Kier molecular flexibility index (Phi) is 10.00. The van der Waals surface area contributed by atoms with Crippen LogP contribution in [-0.4, -0.2) is 51.2 Å². The minimum absolute atomic E-state index is 0.0932. The lowest BCUT2D eigenvalue weighted by Crippen LogP contribution is -2.28. The predicted octanol–water partition coefficient (Wildman–Crippen LogP) is 5.31. The van der Waals surface area contributed by atoms with Crippen molar-refractivity contribution in [3.05, 3.63) is 59.7 Å². The summed E-state index contributed by atoms with van der Waals surface area (Å²) in [6.07, 6.45) is -3.89. The minimum atomic E-state index is -4.74. The zero-order valence-corrected chi connectivity index (χ0v) is 17.2. The zero-order chi connectivity index (χ0) is 22.7. The Hall–Kier alpha value is -2.39. The van der Waals surface area contributed by atoms with Crippen molar-refractivity contribution >= 4 is 0 Å². The zero-order valence-electron chi connectivity index (χ0n) is 17.2. The number of halogens is 5. The van der Waals surface area contributed by atoms with Gasteiger partial charge in [-0.3, -0.25) is 4.90 Å².